The zero-order chi connectivity index (χ0) is 13.6. The fourth-order valence-electron chi connectivity index (χ4n) is 1.90. The Morgan fingerprint density at radius 2 is 1.95 bits per heavy atom. The molecule has 0 saturated heterocycles. The summed E-state index contributed by atoms with van der Waals surface area (Å²) in [5.74, 6) is 1.36. The summed E-state index contributed by atoms with van der Waals surface area (Å²) in [5.41, 5.74) is 1.44. The van der Waals surface area contributed by atoms with Crippen molar-refractivity contribution in [1.82, 2.24) is 19.6 Å². The van der Waals surface area contributed by atoms with Crippen molar-refractivity contribution in [2.24, 2.45) is 0 Å². The van der Waals surface area contributed by atoms with E-state index in [1.54, 1.807) is 6.07 Å². The molecule has 0 atom stereocenters. The Bertz CT molecular complexity index is 785. The van der Waals surface area contributed by atoms with E-state index >= 15 is 0 Å². The van der Waals surface area contributed by atoms with Crippen LogP contribution in [-0.4, -0.2) is 19.6 Å². The van der Waals surface area contributed by atoms with Crippen molar-refractivity contribution in [3.05, 3.63) is 44.7 Å². The van der Waals surface area contributed by atoms with Gasteiger partial charge >= 0.3 is 0 Å². The second-order valence-corrected chi connectivity index (χ2v) is 5.68. The van der Waals surface area contributed by atoms with Crippen LogP contribution in [0.25, 0.3) is 17.0 Å². The average molecular weight is 358 g/mol. The summed E-state index contributed by atoms with van der Waals surface area (Å²) in [6, 6.07) is 7.27. The minimum absolute atomic E-state index is 0.394. The Kier molecular flexibility index (Phi) is 3.20. The monoisotopic (exact) mass is 356 g/mol. The summed E-state index contributed by atoms with van der Waals surface area (Å²) in [4.78, 5) is 4.20. The molecule has 96 valence electrons. The van der Waals surface area contributed by atoms with Crippen LogP contribution in [0, 0.1) is 6.92 Å². The summed E-state index contributed by atoms with van der Waals surface area (Å²) in [7, 11) is 0. The second kappa shape index (κ2) is 4.74. The first-order valence-electron chi connectivity index (χ1n) is 5.40. The number of benzene rings is 1. The molecule has 7 heteroatoms. The maximum absolute atomic E-state index is 6.25. The van der Waals surface area contributed by atoms with Gasteiger partial charge in [0.25, 0.3) is 0 Å². The lowest BCUT2D eigenvalue weighted by Gasteiger charge is -2.05. The fraction of sp³-hybridized carbons (Fsp3) is 0.0833. The third-order valence-corrected chi connectivity index (χ3v) is 3.70. The van der Waals surface area contributed by atoms with Crippen LogP contribution in [0.3, 0.4) is 0 Å². The molecule has 0 spiro atoms. The average Bonchev–Trinajstić information content (AvgIpc) is 2.72. The van der Waals surface area contributed by atoms with Crippen LogP contribution in [0.4, 0.5) is 0 Å². The Morgan fingerprint density at radius 3 is 2.68 bits per heavy atom. The number of aromatic nitrogens is 4. The first-order valence-corrected chi connectivity index (χ1v) is 6.95. The van der Waals surface area contributed by atoms with Crippen LogP contribution in [0.5, 0.6) is 0 Å². The van der Waals surface area contributed by atoms with Crippen LogP contribution in [0.15, 0.2) is 28.7 Å². The largest absolute Gasteiger partial charge is 0.263 e. The summed E-state index contributed by atoms with van der Waals surface area (Å²) in [6.07, 6.45) is 0. The van der Waals surface area contributed by atoms with Gasteiger partial charge in [-0.05, 0) is 25.1 Å². The van der Waals surface area contributed by atoms with Crippen LogP contribution >= 0.6 is 39.1 Å². The van der Waals surface area contributed by atoms with Crippen molar-refractivity contribution in [1.29, 1.82) is 0 Å². The van der Waals surface area contributed by atoms with E-state index in [0.717, 1.165) is 10.0 Å². The first kappa shape index (κ1) is 12.8. The molecule has 0 saturated carbocycles. The molecule has 3 rings (SSSR count). The molecule has 0 aliphatic heterocycles. The highest BCUT2D eigenvalue weighted by atomic mass is 79.9. The molecule has 0 bridgehead atoms. The highest BCUT2D eigenvalue weighted by Gasteiger charge is 2.14. The standard InChI is InChI=1S/C12H7BrCl2N4/c1-6-16-10(15)5-11-17-18-12(19(6)11)8-3-2-7(13)4-9(8)14/h2-5H,1H3. The second-order valence-electron chi connectivity index (χ2n) is 3.97. The molecule has 1 aromatic carbocycles. The van der Waals surface area contributed by atoms with Gasteiger partial charge in [0.15, 0.2) is 11.5 Å². The normalized spacial score (nSPS) is 11.2. The van der Waals surface area contributed by atoms with Crippen molar-refractivity contribution < 1.29 is 0 Å². The fourth-order valence-corrected chi connectivity index (χ4v) is 2.88. The van der Waals surface area contributed by atoms with E-state index in [9.17, 15) is 0 Å². The van der Waals surface area contributed by atoms with Gasteiger partial charge in [-0.15, -0.1) is 10.2 Å². The van der Waals surface area contributed by atoms with Gasteiger partial charge in [-0.3, -0.25) is 4.40 Å². The number of rotatable bonds is 1. The van der Waals surface area contributed by atoms with Gasteiger partial charge in [-0.25, -0.2) is 4.98 Å². The van der Waals surface area contributed by atoms with Crippen LogP contribution in [0.1, 0.15) is 5.82 Å². The molecule has 4 nitrogen and oxygen atoms in total. The molecule has 0 unspecified atom stereocenters. The molecule has 0 radical (unpaired) electrons. The van der Waals surface area contributed by atoms with Crippen LogP contribution < -0.4 is 0 Å². The van der Waals surface area contributed by atoms with Crippen molar-refractivity contribution in [2.45, 2.75) is 6.92 Å². The molecular formula is C12H7BrCl2N4. The SMILES string of the molecule is Cc1nc(Cl)cc2nnc(-c3ccc(Br)cc3Cl)n12. The Morgan fingerprint density at radius 1 is 1.16 bits per heavy atom. The Hall–Kier alpha value is -1.17. The molecule has 0 aliphatic carbocycles. The molecule has 2 aromatic heterocycles. The molecule has 0 amide bonds. The number of hydrogen-bond donors (Lipinski definition) is 0. The van der Waals surface area contributed by atoms with Gasteiger partial charge in [-0.2, -0.15) is 0 Å². The number of hydrogen-bond acceptors (Lipinski definition) is 3. The van der Waals surface area contributed by atoms with E-state index in [1.165, 1.54) is 0 Å². The third-order valence-electron chi connectivity index (χ3n) is 2.70. The van der Waals surface area contributed by atoms with Gasteiger partial charge < -0.3 is 0 Å². The molecule has 0 N–H and O–H groups in total. The lowest BCUT2D eigenvalue weighted by atomic mass is 10.2. The highest BCUT2D eigenvalue weighted by Crippen LogP contribution is 2.30. The maximum atomic E-state index is 6.25. The van der Waals surface area contributed by atoms with Crippen molar-refractivity contribution in [2.75, 3.05) is 0 Å². The smallest absolute Gasteiger partial charge is 0.171 e. The van der Waals surface area contributed by atoms with Gasteiger partial charge in [0.05, 0.1) is 5.02 Å². The molecule has 0 aliphatic rings. The number of nitrogens with zero attached hydrogens (tertiary/aromatic N) is 4. The summed E-state index contributed by atoms with van der Waals surface area (Å²) in [6.45, 7) is 1.85. The molecular weight excluding hydrogens is 351 g/mol. The zero-order valence-electron chi connectivity index (χ0n) is 9.73. The topological polar surface area (TPSA) is 43.1 Å². The van der Waals surface area contributed by atoms with Gasteiger partial charge in [0, 0.05) is 16.1 Å². The third kappa shape index (κ3) is 2.22. The Balaban J connectivity index is 2.31. The molecule has 0 fully saturated rings. The van der Waals surface area contributed by atoms with E-state index in [1.807, 2.05) is 29.5 Å². The van der Waals surface area contributed by atoms with Crippen molar-refractivity contribution in [3.8, 4) is 11.4 Å². The predicted molar refractivity (Wildman–Crippen MR) is 78.7 cm³/mol. The summed E-state index contributed by atoms with van der Waals surface area (Å²) < 4.78 is 2.73. The number of fused-ring (bicyclic) bond motifs is 1. The highest BCUT2D eigenvalue weighted by molar-refractivity contribution is 9.10. The molecule has 3 aromatic rings. The molecule has 2 heterocycles. The van der Waals surface area contributed by atoms with E-state index in [-0.39, 0.29) is 0 Å². The first-order chi connectivity index (χ1) is 9.06. The van der Waals surface area contributed by atoms with Gasteiger partial charge in [-0.1, -0.05) is 39.1 Å². The van der Waals surface area contributed by atoms with E-state index in [2.05, 4.69) is 31.1 Å². The zero-order valence-corrected chi connectivity index (χ0v) is 12.8. The summed E-state index contributed by atoms with van der Waals surface area (Å²) >= 11 is 15.5. The van der Waals surface area contributed by atoms with E-state index in [4.69, 9.17) is 23.2 Å². The Labute approximate surface area is 127 Å². The summed E-state index contributed by atoms with van der Waals surface area (Å²) in [5, 5.41) is 9.26. The van der Waals surface area contributed by atoms with Gasteiger partial charge in [0.2, 0.25) is 0 Å². The minimum atomic E-state index is 0.394. The maximum Gasteiger partial charge on any atom is 0.171 e. The van der Waals surface area contributed by atoms with Crippen molar-refractivity contribution >= 4 is 44.8 Å². The lowest BCUT2D eigenvalue weighted by Crippen LogP contribution is -1.98. The van der Waals surface area contributed by atoms with Crippen LogP contribution in [-0.2, 0) is 0 Å². The van der Waals surface area contributed by atoms with Crippen molar-refractivity contribution in [3.63, 3.8) is 0 Å². The van der Waals surface area contributed by atoms with E-state index in [0.29, 0.717) is 27.5 Å². The number of halogens is 3. The quantitative estimate of drug-likeness (QED) is 0.614. The van der Waals surface area contributed by atoms with Crippen LogP contribution in [0.2, 0.25) is 10.2 Å². The lowest BCUT2D eigenvalue weighted by molar-refractivity contribution is 0.988. The number of aryl methyl sites for hydroxylation is 1. The van der Waals surface area contributed by atoms with Gasteiger partial charge in [0.1, 0.15) is 11.0 Å². The minimum Gasteiger partial charge on any atom is -0.263 e. The van der Waals surface area contributed by atoms with E-state index < -0.39 is 0 Å². The molecule has 19 heavy (non-hydrogen) atoms. The predicted octanol–water partition coefficient (Wildman–Crippen LogP) is 4.17.